The van der Waals surface area contributed by atoms with Crippen LogP contribution in [0.15, 0.2) is 6.33 Å². The van der Waals surface area contributed by atoms with Crippen molar-refractivity contribution >= 4 is 0 Å². The van der Waals surface area contributed by atoms with Gasteiger partial charge in [-0.15, -0.1) is 0 Å². The fourth-order valence-corrected chi connectivity index (χ4v) is 4.03. The summed E-state index contributed by atoms with van der Waals surface area (Å²) >= 11 is 0. The van der Waals surface area contributed by atoms with E-state index in [1.54, 1.807) is 6.33 Å². The Morgan fingerprint density at radius 3 is 2.43 bits per heavy atom. The predicted molar refractivity (Wildman–Crippen MR) is 86.4 cm³/mol. The maximum Gasteiger partial charge on any atom is 0.138 e. The zero-order chi connectivity index (χ0) is 15.3. The van der Waals surface area contributed by atoms with E-state index in [4.69, 9.17) is 0 Å². The van der Waals surface area contributed by atoms with Gasteiger partial charge < -0.3 is 5.32 Å². The van der Waals surface area contributed by atoms with Crippen LogP contribution >= 0.6 is 0 Å². The maximum absolute atomic E-state index is 4.48. The van der Waals surface area contributed by atoms with Crippen LogP contribution in [0.2, 0.25) is 0 Å². The van der Waals surface area contributed by atoms with Crippen molar-refractivity contribution in [3.8, 4) is 0 Å². The van der Waals surface area contributed by atoms with Crippen LogP contribution in [0, 0.1) is 0 Å². The topological polar surface area (TPSA) is 46.0 Å². The van der Waals surface area contributed by atoms with Crippen LogP contribution in [-0.2, 0) is 13.0 Å². The van der Waals surface area contributed by atoms with E-state index in [9.17, 15) is 0 Å². The lowest BCUT2D eigenvalue weighted by molar-refractivity contribution is 0.0639. The van der Waals surface area contributed by atoms with Gasteiger partial charge in [0, 0.05) is 24.5 Å². The van der Waals surface area contributed by atoms with Crippen LogP contribution < -0.4 is 5.32 Å². The third-order valence-electron chi connectivity index (χ3n) is 5.34. The third-order valence-corrected chi connectivity index (χ3v) is 5.34. The number of aromatic nitrogens is 3. The molecule has 1 atom stereocenters. The van der Waals surface area contributed by atoms with Crippen LogP contribution in [0.5, 0.6) is 0 Å². The van der Waals surface area contributed by atoms with Gasteiger partial charge in [-0.25, -0.2) is 4.98 Å². The van der Waals surface area contributed by atoms with Gasteiger partial charge in [0.25, 0.3) is 0 Å². The molecule has 0 amide bonds. The van der Waals surface area contributed by atoms with Gasteiger partial charge in [-0.05, 0) is 52.7 Å². The number of nitrogens with one attached hydrogen (secondary N) is 1. The Bertz CT molecular complexity index is 418. The minimum absolute atomic E-state index is 0.232. The predicted octanol–water partition coefficient (Wildman–Crippen LogP) is 2.08. The number of likely N-dealkylation sites (N-methyl/N-ethyl adjacent to an activating group) is 1. The fourth-order valence-electron chi connectivity index (χ4n) is 4.03. The summed E-state index contributed by atoms with van der Waals surface area (Å²) in [6.45, 7) is 10.1. The monoisotopic (exact) mass is 293 g/mol. The summed E-state index contributed by atoms with van der Waals surface area (Å²) in [4.78, 5) is 7.19. The Kier molecular flexibility index (Phi) is 5.76. The molecule has 5 heteroatoms. The van der Waals surface area contributed by atoms with Crippen LogP contribution in [-0.4, -0.2) is 51.4 Å². The molecule has 2 rings (SSSR count). The Labute approximate surface area is 129 Å². The number of rotatable bonds is 8. The van der Waals surface area contributed by atoms with E-state index in [1.807, 2.05) is 4.68 Å². The molecule has 1 aliphatic rings. The second-order valence-corrected chi connectivity index (χ2v) is 6.04. The van der Waals surface area contributed by atoms with Gasteiger partial charge in [0.05, 0.1) is 0 Å². The van der Waals surface area contributed by atoms with Crippen molar-refractivity contribution in [2.45, 2.75) is 71.0 Å². The average Bonchev–Trinajstić information content (AvgIpc) is 3.19. The van der Waals surface area contributed by atoms with Gasteiger partial charge in [-0.1, -0.05) is 13.8 Å². The molecule has 1 unspecified atom stereocenters. The summed E-state index contributed by atoms with van der Waals surface area (Å²) in [5.41, 5.74) is 0.232. The molecule has 0 radical (unpaired) electrons. The molecular formula is C16H31N5. The Morgan fingerprint density at radius 2 is 1.90 bits per heavy atom. The van der Waals surface area contributed by atoms with E-state index >= 15 is 0 Å². The quantitative estimate of drug-likeness (QED) is 0.797. The Morgan fingerprint density at radius 1 is 1.24 bits per heavy atom. The minimum Gasteiger partial charge on any atom is -0.315 e. The molecule has 0 aliphatic carbocycles. The van der Waals surface area contributed by atoms with E-state index < -0.39 is 0 Å². The minimum atomic E-state index is 0.232. The van der Waals surface area contributed by atoms with Crippen molar-refractivity contribution < 1.29 is 0 Å². The van der Waals surface area contributed by atoms with Gasteiger partial charge in [0.15, 0.2) is 0 Å². The molecule has 1 aromatic heterocycles. The zero-order valence-electron chi connectivity index (χ0n) is 14.1. The molecule has 120 valence electrons. The number of hydrogen-bond donors (Lipinski definition) is 1. The van der Waals surface area contributed by atoms with Gasteiger partial charge >= 0.3 is 0 Å². The summed E-state index contributed by atoms with van der Waals surface area (Å²) in [6.07, 6.45) is 7.65. The van der Waals surface area contributed by atoms with E-state index in [2.05, 4.69) is 48.1 Å². The second kappa shape index (κ2) is 7.36. The maximum atomic E-state index is 4.48. The average molecular weight is 293 g/mol. The molecule has 0 aromatic carbocycles. The molecule has 0 bridgehead atoms. The SMILES string of the molecule is CCn1ncnc1CC(NC)C(CC)(CC)N1CCCC1. The van der Waals surface area contributed by atoms with Crippen molar-refractivity contribution in [3.05, 3.63) is 12.2 Å². The Hall–Kier alpha value is -0.940. The molecule has 1 saturated heterocycles. The van der Waals surface area contributed by atoms with Gasteiger partial charge in [-0.2, -0.15) is 5.10 Å². The summed E-state index contributed by atoms with van der Waals surface area (Å²) < 4.78 is 2.02. The Balaban J connectivity index is 2.23. The molecule has 5 nitrogen and oxygen atoms in total. The first kappa shape index (κ1) is 16.4. The van der Waals surface area contributed by atoms with E-state index in [0.717, 1.165) is 18.8 Å². The fraction of sp³-hybridized carbons (Fsp3) is 0.875. The number of hydrogen-bond acceptors (Lipinski definition) is 4. The number of likely N-dealkylation sites (tertiary alicyclic amines) is 1. The highest BCUT2D eigenvalue weighted by Crippen LogP contribution is 2.32. The lowest BCUT2D eigenvalue weighted by Crippen LogP contribution is -2.60. The number of aryl methyl sites for hydroxylation is 1. The van der Waals surface area contributed by atoms with Crippen molar-refractivity contribution in [2.75, 3.05) is 20.1 Å². The normalized spacial score (nSPS) is 18.3. The van der Waals surface area contributed by atoms with Crippen LogP contribution in [0.3, 0.4) is 0 Å². The van der Waals surface area contributed by atoms with Gasteiger partial charge in [-0.3, -0.25) is 9.58 Å². The van der Waals surface area contributed by atoms with Crippen LogP contribution in [0.4, 0.5) is 0 Å². The first-order valence-corrected chi connectivity index (χ1v) is 8.50. The van der Waals surface area contributed by atoms with Crippen molar-refractivity contribution in [3.63, 3.8) is 0 Å². The highest BCUT2D eigenvalue weighted by atomic mass is 15.3. The molecule has 1 N–H and O–H groups in total. The first-order chi connectivity index (χ1) is 10.2. The van der Waals surface area contributed by atoms with Crippen molar-refractivity contribution in [2.24, 2.45) is 0 Å². The molecule has 1 aliphatic heterocycles. The highest BCUT2D eigenvalue weighted by Gasteiger charge is 2.41. The molecule has 1 fully saturated rings. The molecular weight excluding hydrogens is 262 g/mol. The summed E-state index contributed by atoms with van der Waals surface area (Å²) in [6, 6.07) is 0.417. The number of nitrogens with zero attached hydrogens (tertiary/aromatic N) is 4. The lowest BCUT2D eigenvalue weighted by Gasteiger charge is -2.46. The first-order valence-electron chi connectivity index (χ1n) is 8.50. The van der Waals surface area contributed by atoms with Crippen molar-refractivity contribution in [1.29, 1.82) is 0 Å². The summed E-state index contributed by atoms with van der Waals surface area (Å²) in [5, 5.41) is 7.91. The highest BCUT2D eigenvalue weighted by molar-refractivity contribution is 5.04. The summed E-state index contributed by atoms with van der Waals surface area (Å²) in [5.74, 6) is 1.10. The molecule has 2 heterocycles. The smallest absolute Gasteiger partial charge is 0.138 e. The molecule has 1 aromatic rings. The van der Waals surface area contributed by atoms with Crippen LogP contribution in [0.25, 0.3) is 0 Å². The molecule has 0 saturated carbocycles. The summed E-state index contributed by atoms with van der Waals surface area (Å²) in [7, 11) is 2.09. The van der Waals surface area contributed by atoms with E-state index in [1.165, 1.54) is 38.8 Å². The zero-order valence-corrected chi connectivity index (χ0v) is 14.1. The lowest BCUT2D eigenvalue weighted by atomic mass is 9.81. The molecule has 0 spiro atoms. The van der Waals surface area contributed by atoms with Crippen LogP contribution in [0.1, 0.15) is 52.3 Å². The largest absolute Gasteiger partial charge is 0.315 e. The van der Waals surface area contributed by atoms with Gasteiger partial charge in [0.1, 0.15) is 12.2 Å². The van der Waals surface area contributed by atoms with E-state index in [0.29, 0.717) is 6.04 Å². The van der Waals surface area contributed by atoms with E-state index in [-0.39, 0.29) is 5.54 Å². The second-order valence-electron chi connectivity index (χ2n) is 6.04. The standard InChI is InChI=1S/C16H31N5/c1-5-16(6-2,20-10-8-9-11-20)14(17-4)12-15-18-13-19-21(15)7-3/h13-14,17H,5-12H2,1-4H3. The third kappa shape index (κ3) is 3.14. The van der Waals surface area contributed by atoms with Crippen molar-refractivity contribution in [1.82, 2.24) is 25.0 Å². The van der Waals surface area contributed by atoms with Gasteiger partial charge in [0.2, 0.25) is 0 Å². The molecule has 21 heavy (non-hydrogen) atoms.